The van der Waals surface area contributed by atoms with Crippen molar-refractivity contribution < 1.29 is 19.4 Å². The molecule has 1 aromatic carbocycles. The minimum Gasteiger partial charge on any atom is -0.493 e. The van der Waals surface area contributed by atoms with Crippen molar-refractivity contribution in [3.05, 3.63) is 42.2 Å². The fraction of sp³-hybridized carbons (Fsp3) is 0.421. The average Bonchev–Trinajstić information content (AvgIpc) is 3.34. The highest BCUT2D eigenvalue weighted by Gasteiger charge is 2.50. The van der Waals surface area contributed by atoms with Crippen molar-refractivity contribution in [1.82, 2.24) is 14.7 Å². The number of carbonyl (C=O) groups is 2. The molecule has 2 fully saturated rings. The number of amides is 1. The Morgan fingerprint density at radius 1 is 1.23 bits per heavy atom. The van der Waals surface area contributed by atoms with E-state index < -0.39 is 12.0 Å². The van der Waals surface area contributed by atoms with Crippen molar-refractivity contribution in [2.45, 2.75) is 25.3 Å². The van der Waals surface area contributed by atoms with Crippen LogP contribution in [0.1, 0.15) is 29.8 Å². The van der Waals surface area contributed by atoms with Crippen LogP contribution in [0.25, 0.3) is 5.69 Å². The molecule has 3 atom stereocenters. The minimum absolute atomic E-state index is 0.0404. The number of methoxy groups -OCH3 is 1. The predicted octanol–water partition coefficient (Wildman–Crippen LogP) is 2.21. The van der Waals surface area contributed by atoms with Gasteiger partial charge >= 0.3 is 5.97 Å². The van der Waals surface area contributed by atoms with Crippen LogP contribution in [-0.2, 0) is 4.79 Å². The van der Waals surface area contributed by atoms with Crippen molar-refractivity contribution in [2.75, 3.05) is 13.7 Å². The first kappa shape index (κ1) is 16.6. The summed E-state index contributed by atoms with van der Waals surface area (Å²) in [5, 5.41) is 14.1. The SMILES string of the molecule is COc1cn(-c2ccccc2)nc1C(=O)N1CC2CCCC2C1C(=O)O. The number of fused-ring (bicyclic) bond motifs is 1. The van der Waals surface area contributed by atoms with Crippen molar-refractivity contribution in [1.29, 1.82) is 0 Å². The summed E-state index contributed by atoms with van der Waals surface area (Å²) in [5.41, 5.74) is 0.959. The normalized spacial score (nSPS) is 24.5. The lowest BCUT2D eigenvalue weighted by molar-refractivity contribution is -0.142. The van der Waals surface area contributed by atoms with E-state index in [1.54, 1.807) is 10.9 Å². The van der Waals surface area contributed by atoms with E-state index in [9.17, 15) is 14.7 Å². The Morgan fingerprint density at radius 2 is 2.00 bits per heavy atom. The molecule has 2 aromatic rings. The molecule has 1 aliphatic heterocycles. The molecule has 1 aromatic heterocycles. The number of carboxylic acids is 1. The van der Waals surface area contributed by atoms with Gasteiger partial charge < -0.3 is 14.7 Å². The summed E-state index contributed by atoms with van der Waals surface area (Å²) in [6.45, 7) is 0.474. The van der Waals surface area contributed by atoms with Crippen molar-refractivity contribution in [3.8, 4) is 11.4 Å². The standard InChI is InChI=1S/C19H21N3O4/c1-26-15-11-22(13-7-3-2-4-8-13)20-16(15)18(23)21-10-12-6-5-9-14(12)17(21)19(24)25/h2-4,7-8,11-12,14,17H,5-6,9-10H2,1H3,(H,24,25). The van der Waals surface area contributed by atoms with Crippen LogP contribution in [0.4, 0.5) is 0 Å². The van der Waals surface area contributed by atoms with Gasteiger partial charge in [0.1, 0.15) is 6.04 Å². The van der Waals surface area contributed by atoms with Gasteiger partial charge in [0.25, 0.3) is 5.91 Å². The van der Waals surface area contributed by atoms with Gasteiger partial charge in [-0.3, -0.25) is 4.79 Å². The quantitative estimate of drug-likeness (QED) is 0.909. The number of nitrogens with zero attached hydrogens (tertiary/aromatic N) is 3. The molecule has 7 heteroatoms. The molecule has 7 nitrogen and oxygen atoms in total. The molecular formula is C19H21N3O4. The van der Waals surface area contributed by atoms with E-state index in [-0.39, 0.29) is 23.4 Å². The topological polar surface area (TPSA) is 84.7 Å². The summed E-state index contributed by atoms with van der Waals surface area (Å²) in [5.74, 6) is -0.659. The van der Waals surface area contributed by atoms with Gasteiger partial charge in [0, 0.05) is 6.54 Å². The Bertz CT molecular complexity index is 833. The molecule has 1 amide bonds. The highest BCUT2D eigenvalue weighted by molar-refractivity contribution is 5.97. The third-order valence-corrected chi connectivity index (χ3v) is 5.53. The van der Waals surface area contributed by atoms with Gasteiger partial charge in [-0.1, -0.05) is 24.6 Å². The second-order valence-corrected chi connectivity index (χ2v) is 6.92. The Labute approximate surface area is 151 Å². The molecule has 0 spiro atoms. The zero-order valence-electron chi connectivity index (χ0n) is 14.5. The number of likely N-dealkylation sites (tertiary alicyclic amines) is 1. The number of aliphatic carboxylic acids is 1. The van der Waals surface area contributed by atoms with Gasteiger partial charge in [-0.2, -0.15) is 5.10 Å². The summed E-state index contributed by atoms with van der Waals surface area (Å²) in [6, 6.07) is 8.64. The smallest absolute Gasteiger partial charge is 0.326 e. The van der Waals surface area contributed by atoms with Crippen LogP contribution in [0.5, 0.6) is 5.75 Å². The first-order valence-electron chi connectivity index (χ1n) is 8.83. The van der Waals surface area contributed by atoms with E-state index in [4.69, 9.17) is 4.74 Å². The number of hydrogen-bond acceptors (Lipinski definition) is 4. The number of benzene rings is 1. The Morgan fingerprint density at radius 3 is 2.69 bits per heavy atom. The fourth-order valence-electron chi connectivity index (χ4n) is 4.34. The van der Waals surface area contributed by atoms with Crippen LogP contribution in [0.15, 0.2) is 36.5 Å². The van der Waals surface area contributed by atoms with Crippen LogP contribution in [0.3, 0.4) is 0 Å². The summed E-state index contributed by atoms with van der Waals surface area (Å²) in [7, 11) is 1.48. The number of aromatic nitrogens is 2. The van der Waals surface area contributed by atoms with Gasteiger partial charge in [-0.15, -0.1) is 0 Å². The third kappa shape index (κ3) is 2.64. The molecular weight excluding hydrogens is 334 g/mol. The van der Waals surface area contributed by atoms with Gasteiger partial charge in [0.2, 0.25) is 0 Å². The van der Waals surface area contributed by atoms with E-state index in [0.717, 1.165) is 24.9 Å². The van der Waals surface area contributed by atoms with E-state index in [0.29, 0.717) is 12.3 Å². The molecule has 1 aliphatic carbocycles. The fourth-order valence-corrected chi connectivity index (χ4v) is 4.34. The highest BCUT2D eigenvalue weighted by atomic mass is 16.5. The van der Waals surface area contributed by atoms with E-state index >= 15 is 0 Å². The largest absolute Gasteiger partial charge is 0.493 e. The van der Waals surface area contributed by atoms with Crippen LogP contribution in [0, 0.1) is 11.8 Å². The number of carboxylic acid groups (broad SMARTS) is 1. The molecule has 2 aliphatic rings. The van der Waals surface area contributed by atoms with E-state index in [1.807, 2.05) is 30.3 Å². The third-order valence-electron chi connectivity index (χ3n) is 5.53. The van der Waals surface area contributed by atoms with E-state index in [1.165, 1.54) is 12.0 Å². The van der Waals surface area contributed by atoms with Crippen LogP contribution in [-0.4, -0.2) is 51.4 Å². The van der Waals surface area contributed by atoms with Crippen molar-refractivity contribution >= 4 is 11.9 Å². The maximum absolute atomic E-state index is 13.1. The first-order valence-corrected chi connectivity index (χ1v) is 8.83. The Kier molecular flexibility index (Phi) is 4.14. The Hall–Kier alpha value is -2.83. The number of hydrogen-bond donors (Lipinski definition) is 1. The molecule has 1 N–H and O–H groups in total. The molecule has 0 bridgehead atoms. The minimum atomic E-state index is -0.936. The second-order valence-electron chi connectivity index (χ2n) is 6.92. The maximum atomic E-state index is 13.1. The summed E-state index contributed by atoms with van der Waals surface area (Å²) >= 11 is 0. The molecule has 26 heavy (non-hydrogen) atoms. The van der Waals surface area contributed by atoms with Crippen molar-refractivity contribution in [3.63, 3.8) is 0 Å². The van der Waals surface area contributed by atoms with E-state index in [2.05, 4.69) is 5.10 Å². The lowest BCUT2D eigenvalue weighted by Crippen LogP contribution is -2.43. The Balaban J connectivity index is 1.68. The molecule has 3 unspecified atom stereocenters. The highest BCUT2D eigenvalue weighted by Crippen LogP contribution is 2.43. The van der Waals surface area contributed by atoms with Crippen molar-refractivity contribution in [2.24, 2.45) is 11.8 Å². The molecule has 1 saturated heterocycles. The zero-order chi connectivity index (χ0) is 18.3. The molecule has 136 valence electrons. The number of rotatable bonds is 4. The lowest BCUT2D eigenvalue weighted by atomic mass is 9.94. The van der Waals surface area contributed by atoms with Gasteiger partial charge in [-0.05, 0) is 36.8 Å². The van der Waals surface area contributed by atoms with Gasteiger partial charge in [-0.25, -0.2) is 9.48 Å². The van der Waals surface area contributed by atoms with Crippen LogP contribution < -0.4 is 4.74 Å². The number of carbonyl (C=O) groups excluding carboxylic acids is 1. The summed E-state index contributed by atoms with van der Waals surface area (Å²) in [6.07, 6.45) is 4.52. The number of ether oxygens (including phenoxy) is 1. The predicted molar refractivity (Wildman–Crippen MR) is 93.4 cm³/mol. The average molecular weight is 355 g/mol. The molecule has 2 heterocycles. The zero-order valence-corrected chi connectivity index (χ0v) is 14.5. The molecule has 1 saturated carbocycles. The van der Waals surface area contributed by atoms with Crippen LogP contribution >= 0.6 is 0 Å². The van der Waals surface area contributed by atoms with Gasteiger partial charge in [0.05, 0.1) is 19.0 Å². The summed E-state index contributed by atoms with van der Waals surface area (Å²) < 4.78 is 6.92. The lowest BCUT2D eigenvalue weighted by Gasteiger charge is -2.23. The van der Waals surface area contributed by atoms with Gasteiger partial charge in [0.15, 0.2) is 11.4 Å². The summed E-state index contributed by atoms with van der Waals surface area (Å²) in [4.78, 5) is 26.4. The number of para-hydroxylation sites is 1. The monoisotopic (exact) mass is 355 g/mol. The van der Waals surface area contributed by atoms with Crippen LogP contribution in [0.2, 0.25) is 0 Å². The molecule has 4 rings (SSSR count). The first-order chi connectivity index (χ1) is 12.6. The second kappa shape index (κ2) is 6.48. The molecule has 0 radical (unpaired) electrons. The maximum Gasteiger partial charge on any atom is 0.326 e.